The number of benzene rings is 3. The third kappa shape index (κ3) is 6.27. The van der Waals surface area contributed by atoms with Crippen LogP contribution in [0.2, 0.25) is 5.04 Å². The van der Waals surface area contributed by atoms with E-state index < -0.39 is 8.32 Å². The molecule has 0 bridgehead atoms. The van der Waals surface area contributed by atoms with Crippen LogP contribution in [-0.2, 0) is 17.3 Å². The molecule has 5 atom stereocenters. The van der Waals surface area contributed by atoms with Gasteiger partial charge in [-0.25, -0.2) is 0 Å². The van der Waals surface area contributed by atoms with Gasteiger partial charge in [0, 0.05) is 6.10 Å². The standard InChI is InChI=1S/C38H52O3Si/c1-6-7-10-17-30(39)23-24-33-34-25-28-16-15-22-36(40-5)35(28)26-29(34)27-37(33)41-42(38(2,3)4,31-18-11-8-12-19-31)32-20-13-9-14-21-32/h8-9,11-16,18-22,29-30,33-34,37,39H,6-7,10,17,23-27H2,1-5H3/t29-,30-,33+,34-,37+/m0/s1. The summed E-state index contributed by atoms with van der Waals surface area (Å²) in [5, 5.41) is 13.7. The summed E-state index contributed by atoms with van der Waals surface area (Å²) in [4.78, 5) is 0. The average molecular weight is 585 g/mol. The Morgan fingerprint density at radius 1 is 0.857 bits per heavy atom. The van der Waals surface area contributed by atoms with Crippen LogP contribution in [0.25, 0.3) is 0 Å². The third-order valence-corrected chi connectivity index (χ3v) is 15.3. The molecule has 5 rings (SSSR count). The van der Waals surface area contributed by atoms with Gasteiger partial charge in [0.2, 0.25) is 0 Å². The van der Waals surface area contributed by atoms with Gasteiger partial charge in [-0.05, 0) is 88.9 Å². The highest BCUT2D eigenvalue weighted by atomic mass is 28.4. The largest absolute Gasteiger partial charge is 0.496 e. The SMILES string of the molecule is CCCCC[C@H](O)CC[C@@H]1[C@H]2Cc3cccc(OC)c3C[C@H]2C[C@H]1O[Si](c1ccccc1)(c1ccccc1)C(C)(C)C. The summed E-state index contributed by atoms with van der Waals surface area (Å²) in [6.07, 6.45) is 9.45. The van der Waals surface area contributed by atoms with Crippen LogP contribution in [-0.4, -0.2) is 32.7 Å². The second-order valence-corrected chi connectivity index (χ2v) is 18.1. The van der Waals surface area contributed by atoms with Gasteiger partial charge in [0.1, 0.15) is 5.75 Å². The van der Waals surface area contributed by atoms with Gasteiger partial charge >= 0.3 is 0 Å². The van der Waals surface area contributed by atoms with Gasteiger partial charge in [-0.15, -0.1) is 0 Å². The van der Waals surface area contributed by atoms with Gasteiger partial charge in [-0.3, -0.25) is 0 Å². The average Bonchev–Trinajstić information content (AvgIpc) is 3.33. The van der Waals surface area contributed by atoms with Crippen molar-refractivity contribution in [1.29, 1.82) is 0 Å². The van der Waals surface area contributed by atoms with E-state index in [2.05, 4.69) is 107 Å². The molecule has 1 fully saturated rings. The van der Waals surface area contributed by atoms with Crippen LogP contribution >= 0.6 is 0 Å². The van der Waals surface area contributed by atoms with Crippen molar-refractivity contribution in [2.45, 2.75) is 103 Å². The molecule has 0 amide bonds. The van der Waals surface area contributed by atoms with Crippen LogP contribution in [0.15, 0.2) is 78.9 Å². The number of ether oxygens (including phenoxy) is 1. The molecule has 3 aromatic rings. The second kappa shape index (κ2) is 13.5. The lowest BCUT2D eigenvalue weighted by Gasteiger charge is -2.46. The van der Waals surface area contributed by atoms with Crippen LogP contribution in [0.1, 0.15) is 83.8 Å². The van der Waals surface area contributed by atoms with Gasteiger partial charge in [-0.2, -0.15) is 0 Å². The maximum Gasteiger partial charge on any atom is 0.261 e. The van der Waals surface area contributed by atoms with E-state index in [0.29, 0.717) is 17.8 Å². The molecular weight excluding hydrogens is 533 g/mol. The van der Waals surface area contributed by atoms with Crippen molar-refractivity contribution in [3.8, 4) is 5.75 Å². The number of fused-ring (bicyclic) bond motifs is 2. The van der Waals surface area contributed by atoms with Gasteiger partial charge in [-0.1, -0.05) is 120 Å². The van der Waals surface area contributed by atoms with Crippen LogP contribution in [0.4, 0.5) is 0 Å². The fourth-order valence-electron chi connectivity index (χ4n) is 8.18. The Bertz CT molecular complexity index is 1230. The number of hydrogen-bond acceptors (Lipinski definition) is 3. The minimum absolute atomic E-state index is 0.0557. The summed E-state index contributed by atoms with van der Waals surface area (Å²) in [5.41, 5.74) is 2.83. The molecule has 1 saturated carbocycles. The molecule has 4 heteroatoms. The number of unbranched alkanes of at least 4 members (excludes halogenated alkanes) is 2. The van der Waals surface area contributed by atoms with Crippen LogP contribution in [0.3, 0.4) is 0 Å². The molecule has 0 radical (unpaired) electrons. The molecule has 226 valence electrons. The molecule has 0 heterocycles. The van der Waals surface area contributed by atoms with E-state index in [1.807, 2.05) is 0 Å². The quantitative estimate of drug-likeness (QED) is 0.175. The van der Waals surface area contributed by atoms with Crippen molar-refractivity contribution in [1.82, 2.24) is 0 Å². The van der Waals surface area contributed by atoms with Gasteiger partial charge in [0.15, 0.2) is 0 Å². The van der Waals surface area contributed by atoms with Crippen LogP contribution in [0.5, 0.6) is 5.75 Å². The summed E-state index contributed by atoms with van der Waals surface area (Å²) in [6, 6.07) is 28.7. The van der Waals surface area contributed by atoms with Crippen molar-refractivity contribution >= 4 is 18.7 Å². The minimum Gasteiger partial charge on any atom is -0.496 e. The third-order valence-electron chi connectivity index (χ3n) is 10.3. The molecule has 0 aliphatic heterocycles. The molecule has 1 N–H and O–H groups in total. The fourth-order valence-corrected chi connectivity index (χ4v) is 12.9. The molecule has 2 aliphatic carbocycles. The summed E-state index contributed by atoms with van der Waals surface area (Å²) in [7, 11) is -0.888. The highest BCUT2D eigenvalue weighted by Gasteiger charge is 2.55. The normalized spacial score (nSPS) is 22.8. The summed E-state index contributed by atoms with van der Waals surface area (Å²) < 4.78 is 13.7. The first-order chi connectivity index (χ1) is 20.3. The maximum atomic E-state index is 11.0. The number of methoxy groups -OCH3 is 1. The summed E-state index contributed by atoms with van der Waals surface area (Å²) in [5.74, 6) is 2.59. The summed E-state index contributed by atoms with van der Waals surface area (Å²) in [6.45, 7) is 9.38. The van der Waals surface area contributed by atoms with E-state index in [9.17, 15) is 5.11 Å². The first kappa shape index (κ1) is 31.0. The van der Waals surface area contributed by atoms with Gasteiger partial charge < -0.3 is 14.3 Å². The number of rotatable bonds is 12. The van der Waals surface area contributed by atoms with Crippen molar-refractivity contribution < 1.29 is 14.3 Å². The zero-order valence-corrected chi connectivity index (χ0v) is 27.5. The maximum absolute atomic E-state index is 11.0. The van der Waals surface area contributed by atoms with Gasteiger partial charge in [0.25, 0.3) is 8.32 Å². The van der Waals surface area contributed by atoms with Crippen molar-refractivity contribution in [3.05, 3.63) is 90.0 Å². The fraction of sp³-hybridized carbons (Fsp3) is 0.526. The Hall–Kier alpha value is -2.40. The number of hydrogen-bond donors (Lipinski definition) is 1. The predicted octanol–water partition coefficient (Wildman–Crippen LogP) is 7.71. The second-order valence-electron chi connectivity index (χ2n) is 13.9. The van der Waals surface area contributed by atoms with Crippen LogP contribution < -0.4 is 15.1 Å². The zero-order chi connectivity index (χ0) is 29.7. The molecule has 0 unspecified atom stereocenters. The molecule has 2 aliphatic rings. The number of aliphatic hydroxyl groups excluding tert-OH is 1. The Balaban J connectivity index is 1.52. The summed E-state index contributed by atoms with van der Waals surface area (Å²) >= 11 is 0. The van der Waals surface area contributed by atoms with E-state index in [1.165, 1.54) is 34.3 Å². The highest BCUT2D eigenvalue weighted by Crippen LogP contribution is 2.51. The van der Waals surface area contributed by atoms with E-state index in [0.717, 1.165) is 50.7 Å². The minimum atomic E-state index is -2.69. The Labute approximate surface area is 255 Å². The molecule has 3 nitrogen and oxygen atoms in total. The zero-order valence-electron chi connectivity index (χ0n) is 26.5. The van der Waals surface area contributed by atoms with E-state index in [4.69, 9.17) is 9.16 Å². The van der Waals surface area contributed by atoms with E-state index in [-0.39, 0.29) is 17.2 Å². The lowest BCUT2D eigenvalue weighted by Crippen LogP contribution is -2.68. The first-order valence-corrected chi connectivity index (χ1v) is 18.3. The van der Waals surface area contributed by atoms with Crippen molar-refractivity contribution in [2.75, 3.05) is 7.11 Å². The van der Waals surface area contributed by atoms with E-state index >= 15 is 0 Å². The molecular formula is C38H52O3Si. The Kier molecular flexibility index (Phi) is 9.97. The lowest BCUT2D eigenvalue weighted by atomic mass is 9.73. The molecule has 42 heavy (non-hydrogen) atoms. The molecule has 3 aromatic carbocycles. The predicted molar refractivity (Wildman–Crippen MR) is 177 cm³/mol. The first-order valence-electron chi connectivity index (χ1n) is 16.4. The molecule has 0 spiro atoms. The van der Waals surface area contributed by atoms with E-state index in [1.54, 1.807) is 7.11 Å². The van der Waals surface area contributed by atoms with Crippen molar-refractivity contribution in [2.24, 2.45) is 17.8 Å². The highest BCUT2D eigenvalue weighted by molar-refractivity contribution is 6.99. The molecule has 0 aromatic heterocycles. The monoisotopic (exact) mass is 584 g/mol. The Morgan fingerprint density at radius 2 is 1.52 bits per heavy atom. The molecule has 0 saturated heterocycles. The topological polar surface area (TPSA) is 38.7 Å². The van der Waals surface area contributed by atoms with Crippen molar-refractivity contribution in [3.63, 3.8) is 0 Å². The van der Waals surface area contributed by atoms with Gasteiger partial charge in [0.05, 0.1) is 13.2 Å². The number of aliphatic hydroxyl groups is 1. The smallest absolute Gasteiger partial charge is 0.261 e. The Morgan fingerprint density at radius 3 is 2.12 bits per heavy atom. The lowest BCUT2D eigenvalue weighted by molar-refractivity contribution is 0.0949. The van der Waals surface area contributed by atoms with Crippen LogP contribution in [0, 0.1) is 17.8 Å².